The zero-order chi connectivity index (χ0) is 27.0. The number of hydrogen-bond donors (Lipinski definition) is 0. The molecule has 0 bridgehead atoms. The second-order valence-corrected chi connectivity index (χ2v) is 12.0. The molecule has 6 aromatic carbocycles. The molecule has 1 spiro atoms. The smallest absolute Gasteiger partial charge is 0.135 e. The first-order chi connectivity index (χ1) is 20.3. The molecular weight excluding hydrogens is 496 g/mol. The van der Waals surface area contributed by atoms with Gasteiger partial charge >= 0.3 is 0 Å². The van der Waals surface area contributed by atoms with Crippen LogP contribution in [0.3, 0.4) is 0 Å². The fourth-order valence-corrected chi connectivity index (χ4v) is 8.04. The van der Waals surface area contributed by atoms with Crippen molar-refractivity contribution in [2.24, 2.45) is 0 Å². The van der Waals surface area contributed by atoms with Gasteiger partial charge in [0.25, 0.3) is 0 Å². The maximum Gasteiger partial charge on any atom is 0.135 e. The van der Waals surface area contributed by atoms with Gasteiger partial charge in [0.2, 0.25) is 0 Å². The molecule has 0 unspecified atom stereocenters. The summed E-state index contributed by atoms with van der Waals surface area (Å²) in [5, 5.41) is 2.41. The van der Waals surface area contributed by atoms with Crippen molar-refractivity contribution in [2.75, 3.05) is 0 Å². The molecule has 3 aliphatic rings. The Morgan fingerprint density at radius 1 is 0.439 bits per heavy atom. The van der Waals surface area contributed by atoms with Gasteiger partial charge in [0.1, 0.15) is 11.5 Å². The Hall–Kier alpha value is -4.62. The normalized spacial score (nSPS) is 15.7. The van der Waals surface area contributed by atoms with Gasteiger partial charge in [0.15, 0.2) is 0 Å². The van der Waals surface area contributed by atoms with Crippen LogP contribution in [0.1, 0.15) is 43.2 Å². The van der Waals surface area contributed by atoms with Crippen molar-refractivity contribution >= 4 is 10.8 Å². The summed E-state index contributed by atoms with van der Waals surface area (Å²) in [4.78, 5) is 0. The van der Waals surface area contributed by atoms with Gasteiger partial charge in [-0.05, 0) is 92.6 Å². The van der Waals surface area contributed by atoms with Gasteiger partial charge in [-0.3, -0.25) is 0 Å². The molecule has 0 aromatic heterocycles. The largest absolute Gasteiger partial charge is 0.456 e. The fraction of sp³-hybridized carbons (Fsp3) is 0.150. The van der Waals surface area contributed by atoms with E-state index in [-0.39, 0.29) is 5.41 Å². The number of rotatable bonds is 2. The Morgan fingerprint density at radius 2 is 1.10 bits per heavy atom. The van der Waals surface area contributed by atoms with Gasteiger partial charge in [-0.1, -0.05) is 116 Å². The Labute approximate surface area is 241 Å². The van der Waals surface area contributed by atoms with Crippen LogP contribution >= 0.6 is 0 Å². The van der Waals surface area contributed by atoms with Gasteiger partial charge < -0.3 is 4.74 Å². The van der Waals surface area contributed by atoms with Gasteiger partial charge in [0, 0.05) is 16.4 Å². The average molecular weight is 527 g/mol. The quantitative estimate of drug-likeness (QED) is 0.218. The molecule has 1 saturated carbocycles. The molecule has 1 fully saturated rings. The van der Waals surface area contributed by atoms with Gasteiger partial charge in [-0.15, -0.1) is 0 Å². The number of ether oxygens (including phenoxy) is 1. The van der Waals surface area contributed by atoms with Crippen LogP contribution in [0.2, 0.25) is 0 Å². The molecule has 0 atom stereocenters. The topological polar surface area (TPSA) is 9.23 Å². The minimum Gasteiger partial charge on any atom is -0.456 e. The Morgan fingerprint density at radius 3 is 1.93 bits per heavy atom. The van der Waals surface area contributed by atoms with E-state index in [1.807, 2.05) is 0 Å². The standard InChI is InChI=1S/C40H30O/c1-6-22-40(23-7-1)35-16-5-4-14-31(35)32-20-18-28(25-36(32)40)30-13-3-2-12-29(30)27-19-21-37-34(24-27)33-15-8-10-26-11-9-17-38(41-37)39(26)33/h2-5,8-21,24-25H,1,6-7,22-23H2. The lowest BCUT2D eigenvalue weighted by Crippen LogP contribution is -2.28. The molecule has 9 rings (SSSR count). The van der Waals surface area contributed by atoms with Crippen LogP contribution in [0.15, 0.2) is 121 Å². The molecule has 41 heavy (non-hydrogen) atoms. The maximum atomic E-state index is 6.40. The average Bonchev–Trinajstić information content (AvgIpc) is 3.30. The van der Waals surface area contributed by atoms with Gasteiger partial charge in [-0.2, -0.15) is 0 Å². The van der Waals surface area contributed by atoms with E-state index in [1.54, 1.807) is 5.56 Å². The lowest BCUT2D eigenvalue weighted by Gasteiger charge is -2.36. The predicted molar refractivity (Wildman–Crippen MR) is 170 cm³/mol. The van der Waals surface area contributed by atoms with Crippen molar-refractivity contribution in [1.29, 1.82) is 0 Å². The van der Waals surface area contributed by atoms with Crippen LogP contribution in [-0.4, -0.2) is 0 Å². The molecule has 2 aliphatic carbocycles. The zero-order valence-corrected chi connectivity index (χ0v) is 23.0. The third kappa shape index (κ3) is 3.29. The summed E-state index contributed by atoms with van der Waals surface area (Å²) >= 11 is 0. The summed E-state index contributed by atoms with van der Waals surface area (Å²) in [7, 11) is 0. The van der Waals surface area contributed by atoms with E-state index in [1.165, 1.54) is 87.4 Å². The minimum absolute atomic E-state index is 0.157. The van der Waals surface area contributed by atoms with E-state index in [9.17, 15) is 0 Å². The Balaban J connectivity index is 1.20. The maximum absolute atomic E-state index is 6.40. The highest BCUT2D eigenvalue weighted by Gasteiger charge is 2.43. The van der Waals surface area contributed by atoms with Crippen LogP contribution in [0.4, 0.5) is 0 Å². The first-order valence-electron chi connectivity index (χ1n) is 15.0. The summed E-state index contributed by atoms with van der Waals surface area (Å²) in [6.07, 6.45) is 6.46. The van der Waals surface area contributed by atoms with Crippen molar-refractivity contribution in [3.63, 3.8) is 0 Å². The summed E-state index contributed by atoms with van der Waals surface area (Å²) in [5.41, 5.74) is 13.6. The third-order valence-corrected chi connectivity index (χ3v) is 9.88. The zero-order valence-electron chi connectivity index (χ0n) is 23.0. The van der Waals surface area contributed by atoms with E-state index in [0.29, 0.717) is 0 Å². The van der Waals surface area contributed by atoms with Crippen molar-refractivity contribution in [2.45, 2.75) is 37.5 Å². The first-order valence-corrected chi connectivity index (χ1v) is 15.0. The molecular formula is C40H30O. The molecule has 1 nitrogen and oxygen atoms in total. The van der Waals surface area contributed by atoms with Crippen LogP contribution in [0, 0.1) is 0 Å². The van der Waals surface area contributed by atoms with Crippen LogP contribution in [0.5, 0.6) is 11.5 Å². The summed E-state index contributed by atoms with van der Waals surface area (Å²) in [5.74, 6) is 1.86. The highest BCUT2D eigenvalue weighted by molar-refractivity contribution is 6.04. The molecule has 0 radical (unpaired) electrons. The van der Waals surface area contributed by atoms with E-state index < -0.39 is 0 Å². The van der Waals surface area contributed by atoms with Gasteiger partial charge in [0.05, 0.1) is 0 Å². The molecule has 0 N–H and O–H groups in total. The monoisotopic (exact) mass is 526 g/mol. The first kappa shape index (κ1) is 23.1. The molecule has 1 aliphatic heterocycles. The highest BCUT2D eigenvalue weighted by Crippen LogP contribution is 2.56. The predicted octanol–water partition coefficient (Wildman–Crippen LogP) is 11.2. The summed E-state index contributed by atoms with van der Waals surface area (Å²) in [6.45, 7) is 0. The molecule has 1 heteroatoms. The number of fused-ring (bicyclic) bond motifs is 7. The van der Waals surface area contributed by atoms with E-state index in [4.69, 9.17) is 4.74 Å². The Kier molecular flexibility index (Phi) is 4.90. The van der Waals surface area contributed by atoms with E-state index in [2.05, 4.69) is 121 Å². The van der Waals surface area contributed by atoms with Crippen molar-refractivity contribution in [3.8, 4) is 56.0 Å². The lowest BCUT2D eigenvalue weighted by molar-refractivity contribution is 0.353. The van der Waals surface area contributed by atoms with Crippen molar-refractivity contribution in [3.05, 3.63) is 132 Å². The second-order valence-electron chi connectivity index (χ2n) is 12.0. The minimum atomic E-state index is 0.157. The molecule has 6 aromatic rings. The SMILES string of the molecule is c1ccc(-c2ccc3c(c2)C2(CCCCC2)c2ccccc2-3)c(-c2ccc3c(c2)-c2cccc4cccc(c24)O3)c1. The van der Waals surface area contributed by atoms with Crippen LogP contribution < -0.4 is 4.74 Å². The second kappa shape index (κ2) is 8.69. The number of benzene rings is 6. The summed E-state index contributed by atoms with van der Waals surface area (Å²) < 4.78 is 6.40. The summed E-state index contributed by atoms with van der Waals surface area (Å²) in [6, 6.07) is 44.9. The fourth-order valence-electron chi connectivity index (χ4n) is 8.04. The highest BCUT2D eigenvalue weighted by atomic mass is 16.5. The third-order valence-electron chi connectivity index (χ3n) is 9.88. The van der Waals surface area contributed by atoms with Crippen molar-refractivity contribution < 1.29 is 4.74 Å². The molecule has 0 saturated heterocycles. The van der Waals surface area contributed by atoms with Gasteiger partial charge in [-0.25, -0.2) is 0 Å². The van der Waals surface area contributed by atoms with E-state index in [0.717, 1.165) is 17.1 Å². The molecule has 0 amide bonds. The lowest BCUT2D eigenvalue weighted by atomic mass is 9.67. The van der Waals surface area contributed by atoms with E-state index >= 15 is 0 Å². The van der Waals surface area contributed by atoms with Crippen LogP contribution in [0.25, 0.3) is 55.3 Å². The van der Waals surface area contributed by atoms with Crippen LogP contribution in [-0.2, 0) is 5.41 Å². The van der Waals surface area contributed by atoms with Crippen molar-refractivity contribution in [1.82, 2.24) is 0 Å². The number of hydrogen-bond acceptors (Lipinski definition) is 1. The molecule has 196 valence electrons. The Bertz CT molecular complexity index is 2000. The molecule has 1 heterocycles.